The molecule has 0 radical (unpaired) electrons. The highest BCUT2D eigenvalue weighted by Gasteiger charge is 2.32. The first-order valence-electron chi connectivity index (χ1n) is 5.29. The van der Waals surface area contributed by atoms with Gasteiger partial charge in [0.1, 0.15) is 0 Å². The average Bonchev–Trinajstić information content (AvgIpc) is 2.89. The van der Waals surface area contributed by atoms with Crippen molar-refractivity contribution in [1.29, 1.82) is 0 Å². The summed E-state index contributed by atoms with van der Waals surface area (Å²) in [4.78, 5) is 24.7. The van der Waals surface area contributed by atoms with E-state index >= 15 is 0 Å². The quantitative estimate of drug-likeness (QED) is 0.850. The highest BCUT2D eigenvalue weighted by atomic mass is 79.9. The summed E-state index contributed by atoms with van der Waals surface area (Å²) in [5.41, 5.74) is 1.52. The Kier molecular flexibility index (Phi) is 2.83. The van der Waals surface area contributed by atoms with Gasteiger partial charge in [0.2, 0.25) is 5.13 Å². The molecule has 0 saturated carbocycles. The van der Waals surface area contributed by atoms with Crippen molar-refractivity contribution >= 4 is 49.9 Å². The summed E-state index contributed by atoms with van der Waals surface area (Å²) in [6, 6.07) is 5.02. The van der Waals surface area contributed by atoms with E-state index in [9.17, 15) is 9.59 Å². The Bertz CT molecular complexity index is 700. The first-order valence-corrected chi connectivity index (χ1v) is 6.89. The molecule has 0 fully saturated rings. The van der Waals surface area contributed by atoms with E-state index in [1.165, 1.54) is 18.4 Å². The van der Waals surface area contributed by atoms with E-state index in [4.69, 9.17) is 0 Å². The van der Waals surface area contributed by atoms with Crippen LogP contribution in [-0.2, 0) is 0 Å². The third-order valence-electron chi connectivity index (χ3n) is 2.74. The minimum absolute atomic E-state index is 0.273. The Labute approximate surface area is 120 Å². The van der Waals surface area contributed by atoms with Gasteiger partial charge in [0, 0.05) is 12.7 Å². The Morgan fingerprint density at radius 3 is 2.63 bits per heavy atom. The molecule has 3 rings (SSSR count). The molecule has 0 atom stereocenters. The number of fused-ring (bicyclic) bond motifs is 1. The summed E-state index contributed by atoms with van der Waals surface area (Å²) < 4.78 is 0.669. The number of nitrogens with one attached hydrogen (secondary N) is 1. The fourth-order valence-corrected chi connectivity index (χ4v) is 2.85. The van der Waals surface area contributed by atoms with Crippen LogP contribution in [0, 0.1) is 0 Å². The molecule has 0 bridgehead atoms. The van der Waals surface area contributed by atoms with Crippen molar-refractivity contribution in [3.8, 4) is 0 Å². The van der Waals surface area contributed by atoms with Crippen LogP contribution in [0.2, 0.25) is 0 Å². The summed E-state index contributed by atoms with van der Waals surface area (Å²) in [5, 5.41) is 11.4. The number of benzene rings is 1. The lowest BCUT2D eigenvalue weighted by Crippen LogP contribution is -2.24. The van der Waals surface area contributed by atoms with Gasteiger partial charge in [-0.1, -0.05) is 11.3 Å². The number of halogens is 1. The van der Waals surface area contributed by atoms with Gasteiger partial charge in [-0.25, -0.2) is 0 Å². The Balaban J connectivity index is 1.95. The molecular formula is C11H7BrN4O2S. The first-order chi connectivity index (χ1) is 9.06. The molecule has 2 heterocycles. The first kappa shape index (κ1) is 12.2. The van der Waals surface area contributed by atoms with Crippen LogP contribution in [0.4, 0.5) is 10.8 Å². The summed E-state index contributed by atoms with van der Waals surface area (Å²) in [6.45, 7) is 0. The number of aromatic nitrogens is 2. The van der Waals surface area contributed by atoms with Gasteiger partial charge in [0.05, 0.1) is 11.1 Å². The molecule has 1 aromatic heterocycles. The minimum Gasteiger partial charge on any atom is -0.330 e. The molecule has 19 heavy (non-hydrogen) atoms. The maximum Gasteiger partial charge on any atom is 0.261 e. The molecule has 1 aliphatic rings. The number of imide groups is 1. The van der Waals surface area contributed by atoms with Gasteiger partial charge in [-0.05, 0) is 34.1 Å². The molecular weight excluding hydrogens is 332 g/mol. The second-order valence-electron chi connectivity index (χ2n) is 3.91. The van der Waals surface area contributed by atoms with Gasteiger partial charge in [-0.15, -0.1) is 10.2 Å². The van der Waals surface area contributed by atoms with Crippen LogP contribution >= 0.6 is 27.3 Å². The van der Waals surface area contributed by atoms with Crippen molar-refractivity contribution in [3.63, 3.8) is 0 Å². The van der Waals surface area contributed by atoms with E-state index in [2.05, 4.69) is 31.4 Å². The van der Waals surface area contributed by atoms with Crippen LogP contribution in [0.5, 0.6) is 0 Å². The van der Waals surface area contributed by atoms with Crippen molar-refractivity contribution in [2.75, 3.05) is 12.4 Å². The number of amides is 2. The minimum atomic E-state index is -0.290. The predicted molar refractivity (Wildman–Crippen MR) is 73.8 cm³/mol. The molecule has 1 aromatic carbocycles. The van der Waals surface area contributed by atoms with Crippen LogP contribution in [0.15, 0.2) is 22.1 Å². The maximum absolute atomic E-state index is 11.9. The lowest BCUT2D eigenvalue weighted by Gasteiger charge is -2.03. The number of hydrogen-bond acceptors (Lipinski definition) is 6. The smallest absolute Gasteiger partial charge is 0.261 e. The van der Waals surface area contributed by atoms with Gasteiger partial charge in [-0.2, -0.15) is 0 Å². The van der Waals surface area contributed by atoms with E-state index in [0.717, 1.165) is 4.90 Å². The molecule has 2 amide bonds. The lowest BCUT2D eigenvalue weighted by molar-refractivity contribution is 0.0693. The van der Waals surface area contributed by atoms with Gasteiger partial charge in [0.15, 0.2) is 3.92 Å². The zero-order valence-electron chi connectivity index (χ0n) is 9.68. The van der Waals surface area contributed by atoms with Crippen LogP contribution in [0.25, 0.3) is 0 Å². The summed E-state index contributed by atoms with van der Waals surface area (Å²) in [5.74, 6) is -0.563. The zero-order valence-corrected chi connectivity index (χ0v) is 12.1. The standard InChI is InChI=1S/C11H7BrN4O2S/c1-16-8(17)6-3-2-5(4-7(6)9(16)18)13-11-15-14-10(12)19-11/h2-4H,1H3,(H,13,15). The largest absolute Gasteiger partial charge is 0.330 e. The number of anilines is 2. The Hall–Kier alpha value is -1.80. The van der Waals surface area contributed by atoms with E-state index < -0.39 is 0 Å². The molecule has 1 N–H and O–H groups in total. The van der Waals surface area contributed by atoms with Gasteiger partial charge in [0.25, 0.3) is 11.8 Å². The second kappa shape index (κ2) is 4.39. The van der Waals surface area contributed by atoms with Gasteiger partial charge >= 0.3 is 0 Å². The molecule has 2 aromatic rings. The number of carbonyl (C=O) groups excluding carboxylic acids is 2. The Morgan fingerprint density at radius 1 is 1.21 bits per heavy atom. The van der Waals surface area contributed by atoms with E-state index in [0.29, 0.717) is 25.9 Å². The molecule has 0 spiro atoms. The van der Waals surface area contributed by atoms with Crippen molar-refractivity contribution in [1.82, 2.24) is 15.1 Å². The van der Waals surface area contributed by atoms with E-state index in [1.807, 2.05) is 0 Å². The van der Waals surface area contributed by atoms with Gasteiger partial charge in [-0.3, -0.25) is 14.5 Å². The second-order valence-corrected chi connectivity index (χ2v) is 6.17. The molecule has 96 valence electrons. The maximum atomic E-state index is 11.9. The highest BCUT2D eigenvalue weighted by Crippen LogP contribution is 2.28. The number of hydrogen-bond donors (Lipinski definition) is 1. The summed E-state index contributed by atoms with van der Waals surface area (Å²) in [6.07, 6.45) is 0. The summed E-state index contributed by atoms with van der Waals surface area (Å²) in [7, 11) is 1.47. The zero-order chi connectivity index (χ0) is 13.6. The van der Waals surface area contributed by atoms with Crippen molar-refractivity contribution in [3.05, 3.63) is 33.2 Å². The third kappa shape index (κ3) is 2.02. The number of rotatable bonds is 2. The highest BCUT2D eigenvalue weighted by molar-refractivity contribution is 9.11. The molecule has 6 nitrogen and oxygen atoms in total. The van der Waals surface area contributed by atoms with Crippen molar-refractivity contribution < 1.29 is 9.59 Å². The van der Waals surface area contributed by atoms with Crippen LogP contribution in [-0.4, -0.2) is 34.0 Å². The number of nitrogens with zero attached hydrogens (tertiary/aromatic N) is 3. The molecule has 0 unspecified atom stereocenters. The topological polar surface area (TPSA) is 75.2 Å². The lowest BCUT2D eigenvalue weighted by atomic mass is 10.1. The number of carbonyl (C=O) groups is 2. The average molecular weight is 339 g/mol. The van der Waals surface area contributed by atoms with Crippen molar-refractivity contribution in [2.45, 2.75) is 0 Å². The predicted octanol–water partition coefficient (Wildman–Crippen LogP) is 2.27. The molecule has 0 saturated heterocycles. The molecule has 8 heteroatoms. The van der Waals surface area contributed by atoms with Crippen LogP contribution < -0.4 is 5.32 Å². The molecule has 1 aliphatic heterocycles. The van der Waals surface area contributed by atoms with Gasteiger partial charge < -0.3 is 5.32 Å². The van der Waals surface area contributed by atoms with E-state index in [1.54, 1.807) is 18.2 Å². The monoisotopic (exact) mass is 338 g/mol. The summed E-state index contributed by atoms with van der Waals surface area (Å²) >= 11 is 4.56. The molecule has 0 aliphatic carbocycles. The van der Waals surface area contributed by atoms with E-state index in [-0.39, 0.29) is 11.8 Å². The fourth-order valence-electron chi connectivity index (χ4n) is 1.82. The SMILES string of the molecule is CN1C(=O)c2ccc(Nc3nnc(Br)s3)cc2C1=O. The normalized spacial score (nSPS) is 13.9. The Morgan fingerprint density at radius 2 is 1.95 bits per heavy atom. The van der Waals surface area contributed by atoms with Crippen LogP contribution in [0.3, 0.4) is 0 Å². The third-order valence-corrected chi connectivity index (χ3v) is 4.01. The van der Waals surface area contributed by atoms with Crippen LogP contribution in [0.1, 0.15) is 20.7 Å². The van der Waals surface area contributed by atoms with Crippen molar-refractivity contribution in [2.24, 2.45) is 0 Å². The fraction of sp³-hybridized carbons (Fsp3) is 0.0909.